The van der Waals surface area contributed by atoms with Crippen LogP contribution in [0.4, 0.5) is 0 Å². The molecule has 3 atom stereocenters. The fourth-order valence-corrected chi connectivity index (χ4v) is 8.91. The molecule has 5 nitrogen and oxygen atoms in total. The van der Waals surface area contributed by atoms with Crippen LogP contribution in [0.15, 0.2) is 82.6 Å². The van der Waals surface area contributed by atoms with Crippen molar-refractivity contribution in [1.82, 2.24) is 0 Å². The molecule has 0 saturated heterocycles. The minimum Gasteiger partial charge on any atom is -0.298 e. The first-order valence-electron chi connectivity index (χ1n) is 9.55. The van der Waals surface area contributed by atoms with Crippen LogP contribution in [0, 0.1) is 5.92 Å². The minimum atomic E-state index is -4.06. The van der Waals surface area contributed by atoms with Gasteiger partial charge < -0.3 is 0 Å². The maximum absolute atomic E-state index is 13.6. The Morgan fingerprint density at radius 2 is 1.50 bits per heavy atom. The Kier molecular flexibility index (Phi) is 6.99. The van der Waals surface area contributed by atoms with Gasteiger partial charge in [0.15, 0.2) is 25.5 Å². The topological polar surface area (TPSA) is 85.3 Å². The van der Waals surface area contributed by atoms with Crippen molar-refractivity contribution in [2.24, 2.45) is 5.92 Å². The number of ketones is 1. The molecular formula is C22H23BrO5S2. The number of carbonyl (C=O) groups is 1. The zero-order valence-electron chi connectivity index (χ0n) is 16.3. The molecule has 1 aliphatic rings. The van der Waals surface area contributed by atoms with E-state index in [0.29, 0.717) is 18.4 Å². The molecule has 0 unspecified atom stereocenters. The molecule has 3 rings (SSSR count). The molecule has 1 aliphatic carbocycles. The Morgan fingerprint density at radius 3 is 2.03 bits per heavy atom. The second kappa shape index (κ2) is 9.16. The van der Waals surface area contributed by atoms with Crippen molar-refractivity contribution in [3.8, 4) is 0 Å². The van der Waals surface area contributed by atoms with Gasteiger partial charge in [-0.25, -0.2) is 16.8 Å². The van der Waals surface area contributed by atoms with Crippen molar-refractivity contribution in [1.29, 1.82) is 0 Å². The first-order chi connectivity index (χ1) is 14.2. The number of carbonyl (C=O) groups excluding carboxylic acids is 1. The summed E-state index contributed by atoms with van der Waals surface area (Å²) in [7, 11) is -8.02. The first-order valence-corrected chi connectivity index (χ1v) is 13.8. The average Bonchev–Trinajstić information content (AvgIpc) is 2.74. The predicted molar refractivity (Wildman–Crippen MR) is 120 cm³/mol. The second-order valence-corrected chi connectivity index (χ2v) is 12.1. The normalized spacial score (nSPS) is 21.2. The highest BCUT2D eigenvalue weighted by Crippen LogP contribution is 2.39. The summed E-state index contributed by atoms with van der Waals surface area (Å²) in [4.78, 5) is 13.0. The van der Waals surface area contributed by atoms with E-state index in [1.54, 1.807) is 36.4 Å². The molecular weight excluding hydrogens is 488 g/mol. The molecule has 0 aliphatic heterocycles. The Hall–Kier alpha value is -1.77. The van der Waals surface area contributed by atoms with E-state index in [2.05, 4.69) is 22.5 Å². The maximum atomic E-state index is 13.6. The van der Waals surface area contributed by atoms with Gasteiger partial charge in [0, 0.05) is 17.7 Å². The smallest absolute Gasteiger partial charge is 0.188 e. The molecule has 0 spiro atoms. The van der Waals surface area contributed by atoms with Crippen LogP contribution in [0.25, 0.3) is 0 Å². The van der Waals surface area contributed by atoms with Gasteiger partial charge in [-0.1, -0.05) is 58.9 Å². The van der Waals surface area contributed by atoms with Crippen LogP contribution in [0.5, 0.6) is 0 Å². The van der Waals surface area contributed by atoms with Gasteiger partial charge in [-0.05, 0) is 42.7 Å². The van der Waals surface area contributed by atoms with Gasteiger partial charge >= 0.3 is 0 Å². The summed E-state index contributed by atoms with van der Waals surface area (Å²) in [6.07, 6.45) is 0.873. The highest BCUT2D eigenvalue weighted by Gasteiger charge is 2.50. The number of alkyl halides is 1. The molecule has 0 heterocycles. The standard InChI is InChI=1S/C22H23BrO5S2/c1-16(15-23)21(29(25,26)17-9-4-2-5-10-17)19-13-8-14-20(24)22(19)30(27,28)18-11-6-3-7-12-18/h2-7,9-12,19,21-22H,1,8,13-15H2/t19-,21-,22-/m0/s1. The highest BCUT2D eigenvalue weighted by atomic mass is 79.9. The molecule has 2 aromatic rings. The van der Waals surface area contributed by atoms with Gasteiger partial charge in [-0.3, -0.25) is 4.79 Å². The van der Waals surface area contributed by atoms with Gasteiger partial charge in [0.25, 0.3) is 0 Å². The number of rotatable bonds is 7. The van der Waals surface area contributed by atoms with Crippen LogP contribution in [0.1, 0.15) is 19.3 Å². The summed E-state index contributed by atoms with van der Waals surface area (Å²) < 4.78 is 54.0. The van der Waals surface area contributed by atoms with Crippen LogP contribution in [-0.2, 0) is 24.5 Å². The summed E-state index contributed by atoms with van der Waals surface area (Å²) in [5.74, 6) is -1.35. The van der Waals surface area contributed by atoms with Crippen LogP contribution in [0.2, 0.25) is 0 Å². The van der Waals surface area contributed by atoms with Crippen molar-refractivity contribution < 1.29 is 21.6 Å². The van der Waals surface area contributed by atoms with E-state index >= 15 is 0 Å². The molecule has 160 valence electrons. The molecule has 0 bridgehead atoms. The van der Waals surface area contributed by atoms with Crippen molar-refractivity contribution in [2.45, 2.75) is 39.6 Å². The molecule has 8 heteroatoms. The Morgan fingerprint density at radius 1 is 0.967 bits per heavy atom. The van der Waals surface area contributed by atoms with Gasteiger partial charge in [0.1, 0.15) is 5.25 Å². The summed E-state index contributed by atoms with van der Waals surface area (Å²) in [6.45, 7) is 3.92. The van der Waals surface area contributed by atoms with Crippen LogP contribution >= 0.6 is 15.9 Å². The Labute approximate surface area is 186 Å². The number of sulfone groups is 2. The number of hydrogen-bond acceptors (Lipinski definition) is 5. The van der Waals surface area contributed by atoms with Crippen molar-refractivity contribution in [3.05, 3.63) is 72.8 Å². The SMILES string of the molecule is C=C(CBr)[C@@H]([C@@H]1CCCC(=O)[C@H]1S(=O)(=O)c1ccccc1)S(=O)(=O)c1ccccc1. The van der Waals surface area contributed by atoms with E-state index in [-0.39, 0.29) is 21.5 Å². The average molecular weight is 511 g/mol. The van der Waals surface area contributed by atoms with Gasteiger partial charge in [-0.15, -0.1) is 0 Å². The lowest BCUT2D eigenvalue weighted by Crippen LogP contribution is -2.48. The fraction of sp³-hybridized carbons (Fsp3) is 0.318. The monoisotopic (exact) mass is 510 g/mol. The summed E-state index contributed by atoms with van der Waals surface area (Å²) in [6, 6.07) is 15.6. The number of hydrogen-bond donors (Lipinski definition) is 0. The van der Waals surface area contributed by atoms with Gasteiger partial charge in [0.05, 0.1) is 15.0 Å². The van der Waals surface area contributed by atoms with E-state index in [4.69, 9.17) is 0 Å². The summed E-state index contributed by atoms with van der Waals surface area (Å²) in [5.41, 5.74) is 0.340. The highest BCUT2D eigenvalue weighted by molar-refractivity contribution is 9.09. The van der Waals surface area contributed by atoms with Crippen molar-refractivity contribution in [2.75, 3.05) is 5.33 Å². The van der Waals surface area contributed by atoms with E-state index in [0.717, 1.165) is 0 Å². The molecule has 0 radical (unpaired) electrons. The second-order valence-electron chi connectivity index (χ2n) is 7.37. The number of halogens is 1. The van der Waals surface area contributed by atoms with E-state index < -0.39 is 41.9 Å². The third-order valence-corrected chi connectivity index (χ3v) is 10.7. The summed E-state index contributed by atoms with van der Waals surface area (Å²) in [5, 5.41) is -2.42. The minimum absolute atomic E-state index is 0.0237. The van der Waals surface area contributed by atoms with Crippen molar-refractivity contribution in [3.63, 3.8) is 0 Å². The molecule has 1 saturated carbocycles. The fourth-order valence-electron chi connectivity index (χ4n) is 4.10. The predicted octanol–water partition coefficient (Wildman–Crippen LogP) is 3.99. The molecule has 0 aromatic heterocycles. The number of benzene rings is 2. The van der Waals surface area contributed by atoms with Crippen LogP contribution < -0.4 is 0 Å². The lowest BCUT2D eigenvalue weighted by Gasteiger charge is -2.36. The largest absolute Gasteiger partial charge is 0.298 e. The van der Waals surface area contributed by atoms with Crippen LogP contribution in [-0.4, -0.2) is 38.4 Å². The van der Waals surface area contributed by atoms with Gasteiger partial charge in [-0.2, -0.15) is 0 Å². The summed E-state index contributed by atoms with van der Waals surface area (Å²) >= 11 is 3.28. The number of Topliss-reactive ketones (excluding diaryl/α,β-unsaturated/α-hetero) is 1. The molecule has 2 aromatic carbocycles. The lowest BCUT2D eigenvalue weighted by molar-refractivity contribution is -0.120. The lowest BCUT2D eigenvalue weighted by atomic mass is 9.83. The zero-order valence-corrected chi connectivity index (χ0v) is 19.5. The van der Waals surface area contributed by atoms with E-state index in [9.17, 15) is 21.6 Å². The van der Waals surface area contributed by atoms with E-state index in [1.165, 1.54) is 24.3 Å². The van der Waals surface area contributed by atoms with E-state index in [1.807, 2.05) is 0 Å². The molecule has 1 fully saturated rings. The van der Waals surface area contributed by atoms with Gasteiger partial charge in [0.2, 0.25) is 0 Å². The quantitative estimate of drug-likeness (QED) is 0.415. The zero-order chi connectivity index (χ0) is 21.9. The third kappa shape index (κ3) is 4.31. The molecule has 30 heavy (non-hydrogen) atoms. The molecule has 0 amide bonds. The Balaban J connectivity index is 2.16. The third-order valence-electron chi connectivity index (χ3n) is 5.44. The van der Waals surface area contributed by atoms with Crippen molar-refractivity contribution >= 4 is 41.4 Å². The Bertz CT molecular complexity index is 1130. The first kappa shape index (κ1) is 22.9. The molecule has 0 N–H and O–H groups in total. The van der Waals surface area contributed by atoms with Crippen LogP contribution in [0.3, 0.4) is 0 Å². The maximum Gasteiger partial charge on any atom is 0.188 e.